The summed E-state index contributed by atoms with van der Waals surface area (Å²) in [4.78, 5) is 6.85. The van der Waals surface area contributed by atoms with E-state index in [4.69, 9.17) is 4.99 Å². The second kappa shape index (κ2) is 12.5. The highest BCUT2D eigenvalue weighted by Crippen LogP contribution is 2.17. The van der Waals surface area contributed by atoms with E-state index >= 15 is 0 Å². The molecule has 1 aromatic rings. The zero-order chi connectivity index (χ0) is 18.9. The summed E-state index contributed by atoms with van der Waals surface area (Å²) >= 11 is 0. The number of likely N-dealkylation sites (N-methyl/N-ethyl adjacent to an activating group) is 1. The van der Waals surface area contributed by atoms with Crippen molar-refractivity contribution in [2.45, 2.75) is 32.4 Å². The minimum atomic E-state index is -2.95. The molecule has 0 aliphatic heterocycles. The first-order chi connectivity index (χ1) is 11.7. The number of halogens is 1. The van der Waals surface area contributed by atoms with Gasteiger partial charge in [0.1, 0.15) is 9.84 Å². The molecule has 0 saturated carbocycles. The summed E-state index contributed by atoms with van der Waals surface area (Å²) in [6, 6.07) is 10.5. The van der Waals surface area contributed by atoms with E-state index in [-0.39, 0.29) is 41.8 Å². The van der Waals surface area contributed by atoms with Crippen LogP contribution in [-0.4, -0.2) is 64.5 Å². The van der Waals surface area contributed by atoms with Gasteiger partial charge in [-0.25, -0.2) is 8.42 Å². The first-order valence-corrected chi connectivity index (χ1v) is 10.7. The van der Waals surface area contributed by atoms with Crippen LogP contribution >= 0.6 is 24.0 Å². The standard InChI is InChI=1S/C18H32N4O2S.HI/c1-6-19-18(21-15(2)12-13-25(5,23)24)20-14-17(22(3)4)16-10-8-7-9-11-16;/h7-11,15,17H,6,12-14H2,1-5H3,(H2,19,20,21);1H. The van der Waals surface area contributed by atoms with Gasteiger partial charge in [0, 0.05) is 18.8 Å². The minimum absolute atomic E-state index is 0. The van der Waals surface area contributed by atoms with Gasteiger partial charge in [-0.15, -0.1) is 24.0 Å². The average molecular weight is 496 g/mol. The van der Waals surface area contributed by atoms with Crippen LogP contribution in [0.25, 0.3) is 0 Å². The molecule has 0 spiro atoms. The number of nitrogens with zero attached hydrogens (tertiary/aromatic N) is 2. The summed E-state index contributed by atoms with van der Waals surface area (Å²) in [5.41, 5.74) is 1.22. The van der Waals surface area contributed by atoms with Crippen molar-refractivity contribution in [2.75, 3.05) is 39.2 Å². The van der Waals surface area contributed by atoms with Gasteiger partial charge in [-0.05, 0) is 39.9 Å². The van der Waals surface area contributed by atoms with Crippen LogP contribution < -0.4 is 10.6 Å². The van der Waals surface area contributed by atoms with E-state index in [2.05, 4.69) is 27.7 Å². The number of hydrogen-bond acceptors (Lipinski definition) is 4. The Labute approximate surface area is 175 Å². The number of aliphatic imine (C=N–C) groups is 1. The number of hydrogen-bond donors (Lipinski definition) is 2. The van der Waals surface area contributed by atoms with Gasteiger partial charge in [-0.2, -0.15) is 0 Å². The summed E-state index contributed by atoms with van der Waals surface area (Å²) in [5, 5.41) is 6.52. The third kappa shape index (κ3) is 10.3. The molecule has 1 aromatic carbocycles. The Morgan fingerprint density at radius 1 is 1.23 bits per heavy atom. The highest BCUT2D eigenvalue weighted by Gasteiger charge is 2.14. The molecule has 2 unspecified atom stereocenters. The monoisotopic (exact) mass is 496 g/mol. The highest BCUT2D eigenvalue weighted by molar-refractivity contribution is 14.0. The first-order valence-electron chi connectivity index (χ1n) is 8.67. The lowest BCUT2D eigenvalue weighted by Gasteiger charge is -2.24. The van der Waals surface area contributed by atoms with E-state index in [0.717, 1.165) is 6.54 Å². The molecule has 2 atom stereocenters. The van der Waals surface area contributed by atoms with Crippen LogP contribution in [-0.2, 0) is 9.84 Å². The predicted molar refractivity (Wildman–Crippen MR) is 121 cm³/mol. The molecule has 2 N–H and O–H groups in total. The molecule has 0 saturated heterocycles. The largest absolute Gasteiger partial charge is 0.357 e. The van der Waals surface area contributed by atoms with Crippen molar-refractivity contribution in [3.8, 4) is 0 Å². The van der Waals surface area contributed by atoms with Crippen LogP contribution in [0.15, 0.2) is 35.3 Å². The van der Waals surface area contributed by atoms with E-state index in [9.17, 15) is 8.42 Å². The molecule has 8 heteroatoms. The maximum atomic E-state index is 11.3. The van der Waals surface area contributed by atoms with Crippen molar-refractivity contribution < 1.29 is 8.42 Å². The van der Waals surface area contributed by atoms with Crippen LogP contribution in [0.4, 0.5) is 0 Å². The Bertz CT molecular complexity index is 636. The number of benzene rings is 1. The molecule has 0 radical (unpaired) electrons. The van der Waals surface area contributed by atoms with Crippen molar-refractivity contribution in [1.29, 1.82) is 0 Å². The van der Waals surface area contributed by atoms with Gasteiger partial charge in [0.2, 0.25) is 0 Å². The summed E-state index contributed by atoms with van der Waals surface area (Å²) in [5.74, 6) is 0.886. The van der Waals surface area contributed by atoms with Crippen molar-refractivity contribution in [3.63, 3.8) is 0 Å². The normalized spacial score (nSPS) is 14.5. The third-order valence-electron chi connectivity index (χ3n) is 3.88. The van der Waals surface area contributed by atoms with E-state index < -0.39 is 9.84 Å². The Kier molecular flexibility index (Phi) is 12.1. The summed E-state index contributed by atoms with van der Waals surface area (Å²) in [6.45, 7) is 5.35. The maximum Gasteiger partial charge on any atom is 0.191 e. The zero-order valence-electron chi connectivity index (χ0n) is 16.4. The molecule has 0 aliphatic rings. The Balaban J connectivity index is 0.00000625. The van der Waals surface area contributed by atoms with Crippen molar-refractivity contribution >= 4 is 39.8 Å². The molecule has 26 heavy (non-hydrogen) atoms. The van der Waals surface area contributed by atoms with Gasteiger partial charge >= 0.3 is 0 Å². The SMILES string of the molecule is CCNC(=NCC(c1ccccc1)N(C)C)NC(C)CCS(C)(=O)=O.I. The Morgan fingerprint density at radius 3 is 2.35 bits per heavy atom. The lowest BCUT2D eigenvalue weighted by Crippen LogP contribution is -2.43. The molecule has 6 nitrogen and oxygen atoms in total. The fourth-order valence-corrected chi connectivity index (χ4v) is 3.22. The van der Waals surface area contributed by atoms with Crippen LogP contribution in [0.3, 0.4) is 0 Å². The Morgan fingerprint density at radius 2 is 1.85 bits per heavy atom. The predicted octanol–water partition coefficient (Wildman–Crippen LogP) is 2.29. The topological polar surface area (TPSA) is 73.8 Å². The second-order valence-corrected chi connectivity index (χ2v) is 8.83. The summed E-state index contributed by atoms with van der Waals surface area (Å²) in [6.07, 6.45) is 1.82. The van der Waals surface area contributed by atoms with Gasteiger partial charge in [-0.3, -0.25) is 4.99 Å². The quantitative estimate of drug-likeness (QED) is 0.312. The molecule has 0 bridgehead atoms. The molecular weight excluding hydrogens is 463 g/mol. The van der Waals surface area contributed by atoms with E-state index in [1.165, 1.54) is 11.8 Å². The summed E-state index contributed by atoms with van der Waals surface area (Å²) < 4.78 is 22.6. The van der Waals surface area contributed by atoms with Gasteiger partial charge in [0.25, 0.3) is 0 Å². The molecule has 0 aromatic heterocycles. The lowest BCUT2D eigenvalue weighted by atomic mass is 10.1. The van der Waals surface area contributed by atoms with Gasteiger partial charge in [-0.1, -0.05) is 30.3 Å². The van der Waals surface area contributed by atoms with E-state index in [1.807, 2.05) is 46.1 Å². The van der Waals surface area contributed by atoms with Crippen molar-refractivity contribution in [3.05, 3.63) is 35.9 Å². The van der Waals surface area contributed by atoms with Gasteiger partial charge < -0.3 is 15.5 Å². The van der Waals surface area contributed by atoms with Crippen LogP contribution in [0, 0.1) is 0 Å². The molecule has 150 valence electrons. The van der Waals surface area contributed by atoms with Gasteiger partial charge in [0.15, 0.2) is 5.96 Å². The van der Waals surface area contributed by atoms with Gasteiger partial charge in [0.05, 0.1) is 18.3 Å². The Hall–Kier alpha value is -0.870. The maximum absolute atomic E-state index is 11.3. The van der Waals surface area contributed by atoms with Crippen molar-refractivity contribution in [1.82, 2.24) is 15.5 Å². The van der Waals surface area contributed by atoms with Crippen LogP contribution in [0.1, 0.15) is 31.9 Å². The van der Waals surface area contributed by atoms with E-state index in [0.29, 0.717) is 18.9 Å². The van der Waals surface area contributed by atoms with E-state index in [1.54, 1.807) is 0 Å². The second-order valence-electron chi connectivity index (χ2n) is 6.57. The van der Waals surface area contributed by atoms with Crippen LogP contribution in [0.5, 0.6) is 0 Å². The number of guanidine groups is 1. The molecule has 0 heterocycles. The zero-order valence-corrected chi connectivity index (χ0v) is 19.5. The molecule has 0 aliphatic carbocycles. The number of nitrogens with one attached hydrogen (secondary N) is 2. The third-order valence-corrected chi connectivity index (χ3v) is 4.86. The molecule has 0 fully saturated rings. The molecule has 0 amide bonds. The first kappa shape index (κ1) is 25.1. The fraction of sp³-hybridized carbons (Fsp3) is 0.611. The molecule has 1 rings (SSSR count). The van der Waals surface area contributed by atoms with Crippen molar-refractivity contribution in [2.24, 2.45) is 4.99 Å². The molecular formula is C18H33IN4O2S. The average Bonchev–Trinajstić information content (AvgIpc) is 2.53. The fourth-order valence-electron chi connectivity index (χ4n) is 2.44. The van der Waals surface area contributed by atoms with Crippen LogP contribution in [0.2, 0.25) is 0 Å². The lowest BCUT2D eigenvalue weighted by molar-refractivity contribution is 0.306. The summed E-state index contributed by atoms with van der Waals surface area (Å²) in [7, 11) is 1.14. The minimum Gasteiger partial charge on any atom is -0.357 e. The highest BCUT2D eigenvalue weighted by atomic mass is 127. The smallest absolute Gasteiger partial charge is 0.191 e. The number of sulfone groups is 1. The number of rotatable bonds is 9.